The maximum absolute atomic E-state index is 12.8. The molecule has 9 nitrogen and oxygen atoms in total. The van der Waals surface area contributed by atoms with Crippen LogP contribution in [0.2, 0.25) is 0 Å². The van der Waals surface area contributed by atoms with Crippen molar-refractivity contribution in [1.82, 2.24) is 4.90 Å². The molecule has 0 saturated carbocycles. The van der Waals surface area contributed by atoms with Gasteiger partial charge in [-0.1, -0.05) is 46.3 Å². The van der Waals surface area contributed by atoms with Crippen LogP contribution < -0.4 is 0 Å². The van der Waals surface area contributed by atoms with Gasteiger partial charge in [-0.3, -0.25) is 34.7 Å². The molecular formula is C18H18BrN3O6. The van der Waals surface area contributed by atoms with Gasteiger partial charge in [-0.05, 0) is 12.2 Å². The second-order valence-corrected chi connectivity index (χ2v) is 7.87. The monoisotopic (exact) mass is 451 g/mol. The fourth-order valence-corrected chi connectivity index (χ4v) is 4.74. The van der Waals surface area contributed by atoms with Crippen molar-refractivity contribution in [2.45, 2.75) is 17.5 Å². The molecule has 0 aromatic heterocycles. The quantitative estimate of drug-likeness (QED) is 0.267. The van der Waals surface area contributed by atoms with E-state index in [1.54, 1.807) is 35.2 Å². The van der Waals surface area contributed by atoms with E-state index in [1.807, 2.05) is 0 Å². The third kappa shape index (κ3) is 3.06. The maximum atomic E-state index is 12.8. The van der Waals surface area contributed by atoms with E-state index >= 15 is 0 Å². The Morgan fingerprint density at radius 1 is 1.18 bits per heavy atom. The van der Waals surface area contributed by atoms with Crippen LogP contribution in [0.5, 0.6) is 0 Å². The smallest absolute Gasteiger partial charge is 0.294 e. The van der Waals surface area contributed by atoms with Crippen LogP contribution >= 0.6 is 15.9 Å². The number of Topliss-reactive ketones (excluding diaryl/α,β-unsaturated/α-hetero) is 1. The number of nitrogens with zero attached hydrogens (tertiary/aromatic N) is 3. The van der Waals surface area contributed by atoms with Gasteiger partial charge in [0.1, 0.15) is 5.92 Å². The number of carbonyl (C=O) groups is 2. The minimum Gasteiger partial charge on any atom is -0.294 e. The minimum atomic E-state index is -2.23. The molecule has 0 N–H and O–H groups in total. The first-order chi connectivity index (χ1) is 13.3. The number of piperidine rings is 1. The van der Waals surface area contributed by atoms with Crippen LogP contribution in [-0.2, 0) is 4.79 Å². The predicted molar refractivity (Wildman–Crippen MR) is 103 cm³/mol. The topological polar surface area (TPSA) is 124 Å². The lowest BCUT2D eigenvalue weighted by Gasteiger charge is -2.48. The van der Waals surface area contributed by atoms with Crippen molar-refractivity contribution in [2.75, 3.05) is 25.0 Å². The standard InChI is InChI=1S/C18H18BrN3O6/c19-8-9-20-11-17(21(25)26)7-6-16(24)18(12-20,22(27)28)15(17)10-14(23)13-4-2-1-3-5-13/h1-7,15H,8-12H2/t15-,17+,18+/m0/s1. The molecular weight excluding hydrogens is 434 g/mol. The molecule has 2 aliphatic rings. The van der Waals surface area contributed by atoms with E-state index in [0.29, 0.717) is 17.4 Å². The van der Waals surface area contributed by atoms with E-state index in [4.69, 9.17) is 0 Å². The second-order valence-electron chi connectivity index (χ2n) is 7.07. The second kappa shape index (κ2) is 7.51. The van der Waals surface area contributed by atoms with Gasteiger partial charge in [0.05, 0.1) is 13.1 Å². The van der Waals surface area contributed by atoms with Crippen molar-refractivity contribution in [2.24, 2.45) is 5.92 Å². The van der Waals surface area contributed by atoms with Gasteiger partial charge in [-0.25, -0.2) is 0 Å². The first-order valence-electron chi connectivity index (χ1n) is 8.67. The zero-order valence-corrected chi connectivity index (χ0v) is 16.4. The third-order valence-electron chi connectivity index (χ3n) is 5.62. The van der Waals surface area contributed by atoms with E-state index in [9.17, 15) is 29.8 Å². The zero-order valence-electron chi connectivity index (χ0n) is 14.8. The van der Waals surface area contributed by atoms with E-state index in [0.717, 1.165) is 12.2 Å². The summed E-state index contributed by atoms with van der Waals surface area (Å²) in [6.07, 6.45) is 1.63. The van der Waals surface area contributed by atoms with Crippen molar-refractivity contribution < 1.29 is 19.4 Å². The summed E-state index contributed by atoms with van der Waals surface area (Å²) in [5.41, 5.74) is -3.81. The van der Waals surface area contributed by atoms with Crippen LogP contribution in [0.15, 0.2) is 42.5 Å². The summed E-state index contributed by atoms with van der Waals surface area (Å²) in [4.78, 5) is 49.9. The van der Waals surface area contributed by atoms with Crippen LogP contribution in [0.4, 0.5) is 0 Å². The molecule has 1 heterocycles. The number of hydrogen-bond acceptors (Lipinski definition) is 7. The Balaban J connectivity index is 2.12. The summed E-state index contributed by atoms with van der Waals surface area (Å²) >= 11 is 3.24. The van der Waals surface area contributed by atoms with Gasteiger partial charge in [0.15, 0.2) is 5.78 Å². The summed E-state index contributed by atoms with van der Waals surface area (Å²) in [6, 6.07) is 8.10. The SMILES string of the molecule is O=C(C[C@@H]1[C@]2([N+](=O)[O-])CN(CCBr)C[C@]1([N+](=O)[O-])C=CC2=O)c1ccccc1. The molecule has 1 aromatic rings. The Morgan fingerprint density at radius 2 is 1.86 bits per heavy atom. The number of ketones is 2. The molecule has 2 bridgehead atoms. The molecule has 1 saturated heterocycles. The number of carbonyl (C=O) groups excluding carboxylic acids is 2. The van der Waals surface area contributed by atoms with E-state index in [-0.39, 0.29) is 13.1 Å². The first-order valence-corrected chi connectivity index (χ1v) is 9.79. The van der Waals surface area contributed by atoms with E-state index in [2.05, 4.69) is 15.9 Å². The van der Waals surface area contributed by atoms with E-state index < -0.39 is 44.8 Å². The normalized spacial score (nSPS) is 29.5. The van der Waals surface area contributed by atoms with Gasteiger partial charge >= 0.3 is 5.54 Å². The van der Waals surface area contributed by atoms with Gasteiger partial charge < -0.3 is 0 Å². The maximum Gasteiger partial charge on any atom is 0.305 e. The number of rotatable bonds is 7. The van der Waals surface area contributed by atoms with Crippen LogP contribution in [0, 0.1) is 26.1 Å². The molecule has 1 aliphatic carbocycles. The number of hydrogen-bond donors (Lipinski definition) is 0. The lowest BCUT2D eigenvalue weighted by Crippen LogP contribution is -2.75. The van der Waals surface area contributed by atoms with Crippen LogP contribution in [0.3, 0.4) is 0 Å². The molecule has 0 amide bonds. The number of alkyl halides is 1. The van der Waals surface area contributed by atoms with Crippen molar-refractivity contribution in [1.29, 1.82) is 0 Å². The molecule has 0 unspecified atom stereocenters. The summed E-state index contributed by atoms with van der Waals surface area (Å²) < 4.78 is 0. The highest BCUT2D eigenvalue weighted by atomic mass is 79.9. The molecule has 1 fully saturated rings. The molecule has 1 aliphatic heterocycles. The highest BCUT2D eigenvalue weighted by molar-refractivity contribution is 9.09. The predicted octanol–water partition coefficient (Wildman–Crippen LogP) is 1.76. The number of likely N-dealkylation sites (tertiary alicyclic amines) is 1. The molecule has 3 atom stereocenters. The fraction of sp³-hybridized carbons (Fsp3) is 0.444. The number of fused-ring (bicyclic) bond motifs is 2. The average Bonchev–Trinajstić information content (AvgIpc) is 2.66. The first kappa shape index (κ1) is 20.3. The fourth-order valence-electron chi connectivity index (χ4n) is 4.24. The third-order valence-corrected chi connectivity index (χ3v) is 5.98. The lowest BCUT2D eigenvalue weighted by molar-refractivity contribution is -0.623. The zero-order chi connectivity index (χ0) is 20.5. The molecule has 0 radical (unpaired) electrons. The van der Waals surface area contributed by atoms with Crippen LogP contribution in [-0.4, -0.2) is 62.4 Å². The van der Waals surface area contributed by atoms with Gasteiger partial charge in [0, 0.05) is 33.7 Å². The summed E-state index contributed by atoms with van der Waals surface area (Å²) in [5.74, 6) is -2.64. The highest BCUT2D eigenvalue weighted by Crippen LogP contribution is 2.46. The van der Waals surface area contributed by atoms with Gasteiger partial charge in [0.25, 0.3) is 5.54 Å². The Kier molecular flexibility index (Phi) is 5.44. The van der Waals surface area contributed by atoms with Crippen LogP contribution in [0.1, 0.15) is 16.8 Å². The van der Waals surface area contributed by atoms with Crippen molar-refractivity contribution in [3.63, 3.8) is 0 Å². The Hall–Kier alpha value is -2.46. The average molecular weight is 452 g/mol. The molecule has 1 aromatic carbocycles. The summed E-state index contributed by atoms with van der Waals surface area (Å²) in [7, 11) is 0. The Labute approximate surface area is 168 Å². The minimum absolute atomic E-state index is 0.0995. The number of halogens is 1. The van der Waals surface area contributed by atoms with Gasteiger partial charge in [0.2, 0.25) is 5.78 Å². The van der Waals surface area contributed by atoms with Gasteiger partial charge in [-0.2, -0.15) is 0 Å². The largest absolute Gasteiger partial charge is 0.305 e. The van der Waals surface area contributed by atoms with Crippen molar-refractivity contribution >= 4 is 27.5 Å². The Morgan fingerprint density at radius 3 is 2.43 bits per heavy atom. The molecule has 3 rings (SSSR count). The number of nitro groups is 2. The molecule has 28 heavy (non-hydrogen) atoms. The number of benzene rings is 1. The Bertz CT molecular complexity index is 860. The summed E-state index contributed by atoms with van der Waals surface area (Å²) in [5, 5.41) is 24.7. The molecule has 0 spiro atoms. The molecule has 10 heteroatoms. The van der Waals surface area contributed by atoms with Crippen molar-refractivity contribution in [3.8, 4) is 0 Å². The van der Waals surface area contributed by atoms with E-state index in [1.165, 1.54) is 0 Å². The van der Waals surface area contributed by atoms with Crippen molar-refractivity contribution in [3.05, 3.63) is 68.3 Å². The van der Waals surface area contributed by atoms with Crippen LogP contribution in [0.25, 0.3) is 0 Å². The molecule has 148 valence electrons. The van der Waals surface area contributed by atoms with Gasteiger partial charge in [-0.15, -0.1) is 0 Å². The highest BCUT2D eigenvalue weighted by Gasteiger charge is 2.74. The lowest BCUT2D eigenvalue weighted by atomic mass is 9.60. The summed E-state index contributed by atoms with van der Waals surface area (Å²) in [6.45, 7) is -0.0551.